The first-order valence-electron chi connectivity index (χ1n) is 6.63. The molecule has 2 bridgehead atoms. The first-order valence-corrected chi connectivity index (χ1v) is 6.63. The summed E-state index contributed by atoms with van der Waals surface area (Å²) in [5.41, 5.74) is 2.23. The predicted molar refractivity (Wildman–Crippen MR) is 69.5 cm³/mol. The zero-order chi connectivity index (χ0) is 11.7. The van der Waals surface area contributed by atoms with E-state index in [4.69, 9.17) is 0 Å². The smallest absolute Gasteiger partial charge is 0.161 e. The van der Waals surface area contributed by atoms with Gasteiger partial charge in [-0.2, -0.15) is 0 Å². The molecular formula is C16H18O. The van der Waals surface area contributed by atoms with Crippen molar-refractivity contribution in [1.29, 1.82) is 0 Å². The molecule has 0 saturated heterocycles. The van der Waals surface area contributed by atoms with Gasteiger partial charge >= 0.3 is 0 Å². The molecule has 0 spiro atoms. The molecule has 3 rings (SSSR count). The lowest BCUT2D eigenvalue weighted by atomic mass is 9.69. The van der Waals surface area contributed by atoms with E-state index < -0.39 is 0 Å². The van der Waals surface area contributed by atoms with Crippen molar-refractivity contribution in [3.63, 3.8) is 0 Å². The maximum absolute atomic E-state index is 12.3. The molecule has 2 saturated carbocycles. The van der Waals surface area contributed by atoms with Gasteiger partial charge in [-0.15, -0.1) is 0 Å². The molecule has 1 heteroatoms. The average molecular weight is 226 g/mol. The van der Waals surface area contributed by atoms with Gasteiger partial charge in [0.15, 0.2) is 5.78 Å². The van der Waals surface area contributed by atoms with Crippen molar-refractivity contribution < 1.29 is 4.79 Å². The predicted octanol–water partition coefficient (Wildman–Crippen LogP) is 3.85. The Hall–Kier alpha value is -1.37. The second-order valence-electron chi connectivity index (χ2n) is 5.38. The summed E-state index contributed by atoms with van der Waals surface area (Å²) >= 11 is 0. The fourth-order valence-electron chi connectivity index (χ4n) is 3.27. The molecule has 0 heterocycles. The van der Waals surface area contributed by atoms with Gasteiger partial charge in [0.1, 0.15) is 0 Å². The van der Waals surface area contributed by atoms with Crippen LogP contribution in [0.1, 0.15) is 37.7 Å². The fourth-order valence-corrected chi connectivity index (χ4v) is 3.27. The van der Waals surface area contributed by atoms with E-state index in [1.54, 1.807) is 0 Å². The van der Waals surface area contributed by atoms with Crippen LogP contribution in [0.2, 0.25) is 0 Å². The number of rotatable bonds is 1. The van der Waals surface area contributed by atoms with Crippen LogP contribution in [0.4, 0.5) is 0 Å². The van der Waals surface area contributed by atoms with Gasteiger partial charge in [-0.25, -0.2) is 0 Å². The number of benzene rings is 1. The Morgan fingerprint density at radius 1 is 1.12 bits per heavy atom. The molecule has 1 aromatic carbocycles. The van der Waals surface area contributed by atoms with E-state index in [1.807, 2.05) is 18.2 Å². The number of hydrogen-bond acceptors (Lipinski definition) is 1. The standard InChI is InChI=1S/C16H18O/c17-16-14-8-4-7-13(10-14)11-15(16)9-12-5-2-1-3-6-12/h1-3,5-6,9,13-14H,4,7-8,10-11H2/b15-9+/t13-,14+/m1/s1. The molecule has 2 aliphatic rings. The number of carbonyl (C=O) groups is 1. The van der Waals surface area contributed by atoms with Crippen molar-refractivity contribution in [3.05, 3.63) is 41.5 Å². The molecule has 0 aliphatic heterocycles. The molecule has 17 heavy (non-hydrogen) atoms. The van der Waals surface area contributed by atoms with Crippen LogP contribution in [0.3, 0.4) is 0 Å². The molecule has 2 atom stereocenters. The summed E-state index contributed by atoms with van der Waals surface area (Å²) in [6.45, 7) is 0. The molecule has 0 amide bonds. The highest BCUT2D eigenvalue weighted by atomic mass is 16.1. The van der Waals surface area contributed by atoms with E-state index in [2.05, 4.69) is 18.2 Å². The zero-order valence-corrected chi connectivity index (χ0v) is 10.1. The number of carbonyl (C=O) groups excluding carboxylic acids is 1. The monoisotopic (exact) mass is 226 g/mol. The van der Waals surface area contributed by atoms with E-state index in [1.165, 1.54) is 12.8 Å². The Labute approximate surface area is 103 Å². The van der Waals surface area contributed by atoms with Gasteiger partial charge in [0.05, 0.1) is 0 Å². The number of hydrogen-bond donors (Lipinski definition) is 0. The van der Waals surface area contributed by atoms with Crippen molar-refractivity contribution in [2.24, 2.45) is 11.8 Å². The summed E-state index contributed by atoms with van der Waals surface area (Å²) < 4.78 is 0. The SMILES string of the molecule is O=C1/C(=C/c2ccccc2)C[C@@H]2CCC[C@H]1C2. The molecule has 0 unspecified atom stereocenters. The van der Waals surface area contributed by atoms with Gasteiger partial charge in [0.25, 0.3) is 0 Å². The summed E-state index contributed by atoms with van der Waals surface area (Å²) in [7, 11) is 0. The minimum atomic E-state index is 0.331. The molecule has 0 radical (unpaired) electrons. The van der Waals surface area contributed by atoms with E-state index in [-0.39, 0.29) is 0 Å². The lowest BCUT2D eigenvalue weighted by molar-refractivity contribution is -0.122. The molecular weight excluding hydrogens is 208 g/mol. The Bertz CT molecular complexity index is 444. The first-order chi connectivity index (χ1) is 8.33. The van der Waals surface area contributed by atoms with Crippen molar-refractivity contribution in [2.75, 3.05) is 0 Å². The van der Waals surface area contributed by atoms with Gasteiger partial charge in [0, 0.05) is 5.92 Å². The van der Waals surface area contributed by atoms with Gasteiger partial charge in [-0.1, -0.05) is 43.2 Å². The summed E-state index contributed by atoms with van der Waals surface area (Å²) in [6, 6.07) is 10.2. The largest absolute Gasteiger partial charge is 0.294 e. The third-order valence-corrected chi connectivity index (χ3v) is 4.12. The first kappa shape index (κ1) is 10.8. The third-order valence-electron chi connectivity index (χ3n) is 4.12. The van der Waals surface area contributed by atoms with Crippen LogP contribution in [0.25, 0.3) is 6.08 Å². The number of allylic oxidation sites excluding steroid dienone is 1. The van der Waals surface area contributed by atoms with E-state index in [9.17, 15) is 4.79 Å². The minimum absolute atomic E-state index is 0.331. The quantitative estimate of drug-likeness (QED) is 0.665. The third kappa shape index (κ3) is 2.19. The van der Waals surface area contributed by atoms with Crippen molar-refractivity contribution in [3.8, 4) is 0 Å². The second kappa shape index (κ2) is 4.48. The minimum Gasteiger partial charge on any atom is -0.294 e. The lowest BCUT2D eigenvalue weighted by Crippen LogP contribution is -2.30. The van der Waals surface area contributed by atoms with Crippen LogP contribution < -0.4 is 0 Å². The van der Waals surface area contributed by atoms with Crippen LogP contribution in [0.5, 0.6) is 0 Å². The highest BCUT2D eigenvalue weighted by Gasteiger charge is 2.34. The highest BCUT2D eigenvalue weighted by molar-refractivity contribution is 6.01. The van der Waals surface area contributed by atoms with Crippen molar-refractivity contribution in [1.82, 2.24) is 0 Å². The second-order valence-corrected chi connectivity index (χ2v) is 5.38. The van der Waals surface area contributed by atoms with Crippen molar-refractivity contribution >= 4 is 11.9 Å². The summed E-state index contributed by atoms with van der Waals surface area (Å²) in [4.78, 5) is 12.3. The molecule has 0 N–H and O–H groups in total. The Kier molecular flexibility index (Phi) is 2.84. The Morgan fingerprint density at radius 2 is 1.94 bits per heavy atom. The maximum atomic E-state index is 12.3. The normalized spacial score (nSPS) is 30.6. The fraction of sp³-hybridized carbons (Fsp3) is 0.438. The van der Waals surface area contributed by atoms with Gasteiger partial charge in [0.2, 0.25) is 0 Å². The average Bonchev–Trinajstić information content (AvgIpc) is 2.37. The summed E-state index contributed by atoms with van der Waals surface area (Å²) in [6.07, 6.45) is 7.93. The van der Waals surface area contributed by atoms with Crippen LogP contribution >= 0.6 is 0 Å². The van der Waals surface area contributed by atoms with Crippen LogP contribution in [0.15, 0.2) is 35.9 Å². The van der Waals surface area contributed by atoms with Crippen LogP contribution in [-0.2, 0) is 4.79 Å². The van der Waals surface area contributed by atoms with Gasteiger partial charge in [-0.05, 0) is 42.4 Å². The van der Waals surface area contributed by atoms with E-state index in [0.717, 1.165) is 36.3 Å². The summed E-state index contributed by atoms with van der Waals surface area (Å²) in [5.74, 6) is 1.52. The Balaban J connectivity index is 1.88. The molecule has 88 valence electrons. The highest BCUT2D eigenvalue weighted by Crippen LogP contribution is 2.40. The molecule has 0 aromatic heterocycles. The topological polar surface area (TPSA) is 17.1 Å². The van der Waals surface area contributed by atoms with Gasteiger partial charge in [-0.3, -0.25) is 4.79 Å². The molecule has 2 fully saturated rings. The van der Waals surface area contributed by atoms with Gasteiger partial charge < -0.3 is 0 Å². The number of fused-ring (bicyclic) bond motifs is 2. The van der Waals surface area contributed by atoms with Crippen LogP contribution in [-0.4, -0.2) is 5.78 Å². The van der Waals surface area contributed by atoms with E-state index >= 15 is 0 Å². The number of Topliss-reactive ketones (excluding diaryl/α,β-unsaturated/α-hetero) is 1. The maximum Gasteiger partial charge on any atom is 0.161 e. The lowest BCUT2D eigenvalue weighted by Gasteiger charge is -2.34. The van der Waals surface area contributed by atoms with Crippen LogP contribution in [0, 0.1) is 11.8 Å². The van der Waals surface area contributed by atoms with Crippen molar-refractivity contribution in [2.45, 2.75) is 32.1 Å². The number of ketones is 1. The molecule has 2 aliphatic carbocycles. The molecule has 1 nitrogen and oxygen atoms in total. The zero-order valence-electron chi connectivity index (χ0n) is 10.1. The Morgan fingerprint density at radius 3 is 2.76 bits per heavy atom. The summed E-state index contributed by atoms with van der Waals surface area (Å²) in [5, 5.41) is 0. The molecule has 1 aromatic rings. The van der Waals surface area contributed by atoms with E-state index in [0.29, 0.717) is 11.7 Å².